The van der Waals surface area contributed by atoms with E-state index in [1.54, 1.807) is 5.57 Å². The predicted octanol–water partition coefficient (Wildman–Crippen LogP) is 6.76. The lowest BCUT2D eigenvalue weighted by atomic mass is 9.75. The molecule has 0 radical (unpaired) electrons. The van der Waals surface area contributed by atoms with Crippen molar-refractivity contribution in [2.45, 2.75) is 92.0 Å². The highest BCUT2D eigenvalue weighted by Crippen LogP contribution is 2.36. The minimum Gasteiger partial charge on any atom is -0.317 e. The van der Waals surface area contributed by atoms with E-state index in [4.69, 9.17) is 0 Å². The second-order valence-corrected chi connectivity index (χ2v) is 8.41. The first-order valence-electron chi connectivity index (χ1n) is 10.5. The molecule has 0 spiro atoms. The monoisotopic (exact) mass is 333 g/mol. The molecule has 1 nitrogen and oxygen atoms in total. The predicted molar refractivity (Wildman–Crippen MR) is 109 cm³/mol. The Hall–Kier alpha value is -0.560. The van der Waals surface area contributed by atoms with E-state index in [2.05, 4.69) is 65.2 Å². The third-order valence-corrected chi connectivity index (χ3v) is 5.93. The summed E-state index contributed by atoms with van der Waals surface area (Å²) in [5.41, 5.74) is 1.60. The topological polar surface area (TPSA) is 12.0 Å². The summed E-state index contributed by atoms with van der Waals surface area (Å²) in [4.78, 5) is 0. The van der Waals surface area contributed by atoms with Crippen LogP contribution in [0.2, 0.25) is 0 Å². The van der Waals surface area contributed by atoms with Gasteiger partial charge in [0.1, 0.15) is 0 Å². The van der Waals surface area contributed by atoms with E-state index in [9.17, 15) is 0 Å². The molecule has 1 N–H and O–H groups in total. The van der Waals surface area contributed by atoms with Gasteiger partial charge in [-0.15, -0.1) is 0 Å². The van der Waals surface area contributed by atoms with E-state index in [0.29, 0.717) is 6.04 Å². The molecule has 1 fully saturated rings. The van der Waals surface area contributed by atoms with Crippen molar-refractivity contribution in [3.8, 4) is 0 Å². The molecule has 1 aliphatic carbocycles. The largest absolute Gasteiger partial charge is 0.317 e. The van der Waals surface area contributed by atoms with Gasteiger partial charge in [-0.1, -0.05) is 52.3 Å². The van der Waals surface area contributed by atoms with E-state index >= 15 is 0 Å². The number of hydrogen-bond donors (Lipinski definition) is 1. The molecule has 1 aliphatic rings. The maximum absolute atomic E-state index is 3.56. The average molecular weight is 334 g/mol. The third-order valence-electron chi connectivity index (χ3n) is 5.93. The van der Waals surface area contributed by atoms with Crippen LogP contribution in [0.3, 0.4) is 0 Å². The SMILES string of the molecule is C/C=C\C(=C/CC)C1CCC(CCC(C)C(CC(C)C)NC)CC1. The number of allylic oxidation sites excluding steroid dienone is 4. The highest BCUT2D eigenvalue weighted by Gasteiger charge is 2.24. The Morgan fingerprint density at radius 1 is 1.12 bits per heavy atom. The molecule has 2 atom stereocenters. The molecule has 0 amide bonds. The summed E-state index contributed by atoms with van der Waals surface area (Å²) in [6.07, 6.45) is 18.0. The van der Waals surface area contributed by atoms with Gasteiger partial charge in [0, 0.05) is 6.04 Å². The van der Waals surface area contributed by atoms with Crippen LogP contribution in [-0.4, -0.2) is 13.1 Å². The van der Waals surface area contributed by atoms with E-state index in [0.717, 1.165) is 23.7 Å². The number of hydrogen-bond acceptors (Lipinski definition) is 1. The van der Waals surface area contributed by atoms with Gasteiger partial charge in [0.25, 0.3) is 0 Å². The molecule has 0 heterocycles. The van der Waals surface area contributed by atoms with Gasteiger partial charge < -0.3 is 5.32 Å². The van der Waals surface area contributed by atoms with Crippen LogP contribution in [0.25, 0.3) is 0 Å². The molecule has 1 saturated carbocycles. The van der Waals surface area contributed by atoms with Crippen LogP contribution < -0.4 is 5.32 Å². The minimum atomic E-state index is 0.690. The molecule has 0 aromatic carbocycles. The molecule has 1 heteroatoms. The van der Waals surface area contributed by atoms with Crippen molar-refractivity contribution in [2.24, 2.45) is 23.7 Å². The first-order valence-corrected chi connectivity index (χ1v) is 10.5. The van der Waals surface area contributed by atoms with Gasteiger partial charge >= 0.3 is 0 Å². The number of rotatable bonds is 10. The van der Waals surface area contributed by atoms with Crippen LogP contribution >= 0.6 is 0 Å². The molecule has 0 aliphatic heterocycles. The van der Waals surface area contributed by atoms with Gasteiger partial charge in [0.05, 0.1) is 0 Å². The molecule has 2 unspecified atom stereocenters. The van der Waals surface area contributed by atoms with Crippen LogP contribution in [-0.2, 0) is 0 Å². The fourth-order valence-electron chi connectivity index (χ4n) is 4.43. The average Bonchev–Trinajstić information content (AvgIpc) is 2.57. The van der Waals surface area contributed by atoms with Gasteiger partial charge in [-0.3, -0.25) is 0 Å². The van der Waals surface area contributed by atoms with Gasteiger partial charge in [0.15, 0.2) is 0 Å². The summed E-state index contributed by atoms with van der Waals surface area (Å²) >= 11 is 0. The second-order valence-electron chi connectivity index (χ2n) is 8.41. The Morgan fingerprint density at radius 2 is 1.79 bits per heavy atom. The summed E-state index contributed by atoms with van der Waals surface area (Å²) in [6.45, 7) is 11.5. The smallest absolute Gasteiger partial charge is 0.00921 e. The van der Waals surface area contributed by atoms with Crippen LogP contribution in [0.1, 0.15) is 86.0 Å². The summed E-state index contributed by atoms with van der Waals surface area (Å²) in [5.74, 6) is 3.37. The summed E-state index contributed by atoms with van der Waals surface area (Å²) in [7, 11) is 2.14. The van der Waals surface area contributed by atoms with Crippen molar-refractivity contribution in [2.75, 3.05) is 7.05 Å². The van der Waals surface area contributed by atoms with Crippen molar-refractivity contribution in [1.29, 1.82) is 0 Å². The lowest BCUT2D eigenvalue weighted by molar-refractivity contribution is 0.251. The maximum atomic E-state index is 3.56. The van der Waals surface area contributed by atoms with Crippen molar-refractivity contribution in [3.05, 3.63) is 23.8 Å². The van der Waals surface area contributed by atoms with Crippen molar-refractivity contribution in [1.82, 2.24) is 5.32 Å². The first-order chi connectivity index (χ1) is 11.5. The lowest BCUT2D eigenvalue weighted by Gasteiger charge is -2.31. The molecule has 24 heavy (non-hydrogen) atoms. The van der Waals surface area contributed by atoms with Gasteiger partial charge in [-0.05, 0) is 88.2 Å². The zero-order valence-corrected chi connectivity index (χ0v) is 17.3. The lowest BCUT2D eigenvalue weighted by Crippen LogP contribution is -2.33. The highest BCUT2D eigenvalue weighted by molar-refractivity contribution is 5.21. The molecule has 0 saturated heterocycles. The van der Waals surface area contributed by atoms with Crippen LogP contribution in [0.4, 0.5) is 0 Å². The highest BCUT2D eigenvalue weighted by atomic mass is 14.9. The van der Waals surface area contributed by atoms with Crippen LogP contribution in [0.15, 0.2) is 23.8 Å². The molecule has 1 rings (SSSR count). The molecule has 140 valence electrons. The fourth-order valence-corrected chi connectivity index (χ4v) is 4.43. The molecule has 0 aromatic rings. The third kappa shape index (κ3) is 7.55. The zero-order chi connectivity index (χ0) is 17.9. The van der Waals surface area contributed by atoms with Crippen LogP contribution in [0.5, 0.6) is 0 Å². The fraction of sp³-hybridized carbons (Fsp3) is 0.826. The Kier molecular flexibility index (Phi) is 10.7. The summed E-state index contributed by atoms with van der Waals surface area (Å²) < 4.78 is 0. The standard InChI is InChI=1S/C23H43N/c1-7-9-21(10-8-2)22-15-13-20(14-16-22)12-11-19(5)23(24-6)17-18(3)4/h7,9-10,18-20,22-24H,8,11-17H2,1-6H3/b9-7-,21-10+. The van der Waals surface area contributed by atoms with E-state index in [1.165, 1.54) is 51.4 Å². The minimum absolute atomic E-state index is 0.690. The van der Waals surface area contributed by atoms with Gasteiger partial charge in [-0.2, -0.15) is 0 Å². The first kappa shape index (κ1) is 21.5. The Bertz CT molecular complexity index is 371. The summed E-state index contributed by atoms with van der Waals surface area (Å²) in [5, 5.41) is 3.56. The molecule has 0 aromatic heterocycles. The van der Waals surface area contributed by atoms with Crippen molar-refractivity contribution < 1.29 is 0 Å². The van der Waals surface area contributed by atoms with E-state index < -0.39 is 0 Å². The van der Waals surface area contributed by atoms with E-state index in [1.807, 2.05) is 0 Å². The van der Waals surface area contributed by atoms with Gasteiger partial charge in [0.2, 0.25) is 0 Å². The molecular formula is C23H43N. The van der Waals surface area contributed by atoms with E-state index in [-0.39, 0.29) is 0 Å². The number of nitrogens with one attached hydrogen (secondary N) is 1. The molecule has 0 bridgehead atoms. The Labute approximate surface area is 152 Å². The van der Waals surface area contributed by atoms with Gasteiger partial charge in [-0.25, -0.2) is 0 Å². The summed E-state index contributed by atoms with van der Waals surface area (Å²) in [6, 6.07) is 0.690. The molecular weight excluding hydrogens is 290 g/mol. The second kappa shape index (κ2) is 11.9. The quantitative estimate of drug-likeness (QED) is 0.436. The van der Waals surface area contributed by atoms with Crippen molar-refractivity contribution in [3.63, 3.8) is 0 Å². The van der Waals surface area contributed by atoms with Crippen molar-refractivity contribution >= 4 is 0 Å². The van der Waals surface area contributed by atoms with Crippen LogP contribution in [0, 0.1) is 23.7 Å². The zero-order valence-electron chi connectivity index (χ0n) is 17.3. The Balaban J connectivity index is 2.39. The normalized spacial score (nSPS) is 25.4. The maximum Gasteiger partial charge on any atom is 0.00921 e. The Morgan fingerprint density at radius 3 is 2.29 bits per heavy atom.